The summed E-state index contributed by atoms with van der Waals surface area (Å²) < 4.78 is 38.9. The minimum absolute atomic E-state index is 0.00935. The second-order valence-corrected chi connectivity index (χ2v) is 6.89. The van der Waals surface area contributed by atoms with Gasteiger partial charge in [-0.15, -0.1) is 4.09 Å². The molecule has 5 nitrogen and oxygen atoms in total. The summed E-state index contributed by atoms with van der Waals surface area (Å²) in [6.45, 7) is 1.95. The van der Waals surface area contributed by atoms with Gasteiger partial charge in [-0.1, -0.05) is 29.8 Å². The molecule has 0 aliphatic carbocycles. The predicted octanol–water partition coefficient (Wildman–Crippen LogP) is 2.82. The number of aryl methyl sites for hydroxylation is 1. The highest BCUT2D eigenvalue weighted by molar-refractivity contribution is 7.90. The zero-order chi connectivity index (χ0) is 16.6. The molecule has 1 aromatic heterocycles. The van der Waals surface area contributed by atoms with Gasteiger partial charge in [0.1, 0.15) is 11.6 Å². The summed E-state index contributed by atoms with van der Waals surface area (Å²) in [6.07, 6.45) is 0. The van der Waals surface area contributed by atoms with Crippen LogP contribution >= 0.6 is 0 Å². The largest absolute Gasteiger partial charge is 0.383 e. The van der Waals surface area contributed by atoms with Crippen molar-refractivity contribution < 1.29 is 12.8 Å². The summed E-state index contributed by atoms with van der Waals surface area (Å²) in [5.74, 6) is -0.525. The Morgan fingerprint density at radius 1 is 1.04 bits per heavy atom. The molecule has 0 amide bonds. The van der Waals surface area contributed by atoms with Gasteiger partial charge in [-0.05, 0) is 31.2 Å². The van der Waals surface area contributed by atoms with E-state index in [4.69, 9.17) is 5.73 Å². The number of benzene rings is 2. The van der Waals surface area contributed by atoms with Crippen molar-refractivity contribution in [1.82, 2.24) is 9.19 Å². The third kappa shape index (κ3) is 2.83. The van der Waals surface area contributed by atoms with Gasteiger partial charge in [0, 0.05) is 11.6 Å². The molecule has 0 saturated heterocycles. The quantitative estimate of drug-likeness (QED) is 0.800. The van der Waals surface area contributed by atoms with Crippen LogP contribution in [0.4, 0.5) is 10.2 Å². The van der Waals surface area contributed by atoms with Crippen LogP contribution in [0.25, 0.3) is 11.3 Å². The van der Waals surface area contributed by atoms with E-state index in [0.29, 0.717) is 5.69 Å². The van der Waals surface area contributed by atoms with Crippen molar-refractivity contribution in [3.05, 3.63) is 66.0 Å². The molecule has 0 aliphatic heterocycles. The van der Waals surface area contributed by atoms with Crippen molar-refractivity contribution in [3.63, 3.8) is 0 Å². The van der Waals surface area contributed by atoms with Crippen molar-refractivity contribution in [3.8, 4) is 11.3 Å². The average Bonchev–Trinajstić information content (AvgIpc) is 2.91. The lowest BCUT2D eigenvalue weighted by Gasteiger charge is -2.05. The first-order valence-corrected chi connectivity index (χ1v) is 8.26. The molecule has 7 heteroatoms. The van der Waals surface area contributed by atoms with Crippen LogP contribution < -0.4 is 5.73 Å². The topological polar surface area (TPSA) is 78.0 Å². The van der Waals surface area contributed by atoms with Crippen molar-refractivity contribution in [2.24, 2.45) is 0 Å². The minimum Gasteiger partial charge on any atom is -0.383 e. The molecule has 0 bridgehead atoms. The number of hydrogen-bond donors (Lipinski definition) is 1. The number of nitrogen functional groups attached to an aromatic ring is 1. The summed E-state index contributed by atoms with van der Waals surface area (Å²) >= 11 is 0. The van der Waals surface area contributed by atoms with Crippen LogP contribution in [-0.4, -0.2) is 17.6 Å². The molecule has 0 fully saturated rings. The molecule has 0 atom stereocenters. The predicted molar refractivity (Wildman–Crippen MR) is 85.8 cm³/mol. The second kappa shape index (κ2) is 5.51. The van der Waals surface area contributed by atoms with E-state index in [9.17, 15) is 12.8 Å². The Balaban J connectivity index is 2.07. The van der Waals surface area contributed by atoms with Gasteiger partial charge in [-0.2, -0.15) is 13.5 Å². The molecule has 1 heterocycles. The maximum Gasteiger partial charge on any atom is 0.284 e. The van der Waals surface area contributed by atoms with Gasteiger partial charge in [-0.3, -0.25) is 0 Å². The Morgan fingerprint density at radius 3 is 2.26 bits per heavy atom. The first-order valence-electron chi connectivity index (χ1n) is 6.81. The maximum atomic E-state index is 13.0. The van der Waals surface area contributed by atoms with Crippen molar-refractivity contribution in [2.45, 2.75) is 11.8 Å². The highest BCUT2D eigenvalue weighted by atomic mass is 32.2. The highest BCUT2D eigenvalue weighted by Gasteiger charge is 2.22. The van der Waals surface area contributed by atoms with E-state index in [-0.39, 0.29) is 10.7 Å². The number of nitrogens with two attached hydrogens (primary N) is 1. The number of halogens is 1. The van der Waals surface area contributed by atoms with E-state index in [2.05, 4.69) is 5.10 Å². The number of rotatable bonds is 3. The molecule has 3 aromatic rings. The van der Waals surface area contributed by atoms with Crippen molar-refractivity contribution >= 4 is 15.8 Å². The fourth-order valence-electron chi connectivity index (χ4n) is 2.14. The molecule has 0 saturated carbocycles. The molecular formula is C16H14FN3O2S. The van der Waals surface area contributed by atoms with Gasteiger partial charge < -0.3 is 5.73 Å². The van der Waals surface area contributed by atoms with E-state index in [1.54, 1.807) is 0 Å². The standard InChI is InChI=1S/C16H14FN3O2S/c1-11-2-4-12(5-3-11)15-10-16(18)20(19-15)23(21,22)14-8-6-13(17)7-9-14/h2-10H,18H2,1H3. The first kappa shape index (κ1) is 15.2. The Labute approximate surface area is 133 Å². The van der Waals surface area contributed by atoms with Crippen molar-refractivity contribution in [2.75, 3.05) is 5.73 Å². The van der Waals surface area contributed by atoms with Gasteiger partial charge >= 0.3 is 0 Å². The third-order valence-corrected chi connectivity index (χ3v) is 5.01. The lowest BCUT2D eigenvalue weighted by atomic mass is 10.1. The SMILES string of the molecule is Cc1ccc(-c2cc(N)n(S(=O)(=O)c3ccc(F)cc3)n2)cc1. The Kier molecular flexibility index (Phi) is 3.65. The number of anilines is 1. The van der Waals surface area contributed by atoms with Crippen LogP contribution in [0.1, 0.15) is 5.56 Å². The number of nitrogens with zero attached hydrogens (tertiary/aromatic N) is 2. The summed E-state index contributed by atoms with van der Waals surface area (Å²) in [5, 5.41) is 4.09. The molecule has 0 spiro atoms. The summed E-state index contributed by atoms with van der Waals surface area (Å²) in [6, 6.07) is 13.5. The molecule has 2 aromatic carbocycles. The van der Waals surface area contributed by atoms with E-state index in [1.165, 1.54) is 18.2 Å². The van der Waals surface area contributed by atoms with Crippen LogP contribution in [0.15, 0.2) is 59.5 Å². The first-order chi connectivity index (χ1) is 10.9. The molecule has 3 rings (SSSR count). The van der Waals surface area contributed by atoms with Gasteiger partial charge in [0.15, 0.2) is 0 Å². The van der Waals surface area contributed by atoms with E-state index >= 15 is 0 Å². The van der Waals surface area contributed by atoms with E-state index in [1.807, 2.05) is 31.2 Å². The average molecular weight is 331 g/mol. The molecule has 0 aliphatic rings. The molecular weight excluding hydrogens is 317 g/mol. The number of hydrogen-bond acceptors (Lipinski definition) is 4. The van der Waals surface area contributed by atoms with Gasteiger partial charge in [0.25, 0.3) is 10.0 Å². The van der Waals surface area contributed by atoms with Crippen LogP contribution in [0.5, 0.6) is 0 Å². The Bertz CT molecular complexity index is 946. The summed E-state index contributed by atoms with van der Waals surface area (Å²) in [5.41, 5.74) is 8.10. The third-order valence-electron chi connectivity index (χ3n) is 3.39. The second-order valence-electron chi connectivity index (χ2n) is 5.12. The fraction of sp³-hybridized carbons (Fsp3) is 0.0625. The van der Waals surface area contributed by atoms with Crippen molar-refractivity contribution in [1.29, 1.82) is 0 Å². The van der Waals surface area contributed by atoms with E-state index < -0.39 is 15.8 Å². The Morgan fingerprint density at radius 2 is 1.65 bits per heavy atom. The Hall–Kier alpha value is -2.67. The molecule has 23 heavy (non-hydrogen) atoms. The van der Waals surface area contributed by atoms with Gasteiger partial charge in [0.2, 0.25) is 0 Å². The zero-order valence-corrected chi connectivity index (χ0v) is 13.1. The molecule has 0 unspecified atom stereocenters. The monoisotopic (exact) mass is 331 g/mol. The molecule has 0 radical (unpaired) electrons. The summed E-state index contributed by atoms with van der Waals surface area (Å²) in [4.78, 5) is -0.0795. The van der Waals surface area contributed by atoms with Crippen LogP contribution in [0.2, 0.25) is 0 Å². The lowest BCUT2D eigenvalue weighted by Crippen LogP contribution is -2.16. The lowest BCUT2D eigenvalue weighted by molar-refractivity contribution is 0.580. The number of aromatic nitrogens is 2. The van der Waals surface area contributed by atoms with Gasteiger partial charge in [-0.25, -0.2) is 4.39 Å². The fourth-order valence-corrected chi connectivity index (χ4v) is 3.35. The maximum absolute atomic E-state index is 13.0. The highest BCUT2D eigenvalue weighted by Crippen LogP contribution is 2.24. The minimum atomic E-state index is -3.97. The van der Waals surface area contributed by atoms with Crippen LogP contribution in [0.3, 0.4) is 0 Å². The smallest absolute Gasteiger partial charge is 0.284 e. The molecule has 2 N–H and O–H groups in total. The van der Waals surface area contributed by atoms with E-state index in [0.717, 1.165) is 27.3 Å². The molecule has 118 valence electrons. The van der Waals surface area contributed by atoms with Crippen LogP contribution in [-0.2, 0) is 10.0 Å². The zero-order valence-electron chi connectivity index (χ0n) is 12.3. The summed E-state index contributed by atoms with van der Waals surface area (Å²) in [7, 11) is -3.97. The normalized spacial score (nSPS) is 11.6. The van der Waals surface area contributed by atoms with Crippen LogP contribution in [0, 0.1) is 12.7 Å². The van der Waals surface area contributed by atoms with Gasteiger partial charge in [0.05, 0.1) is 10.6 Å².